The third-order valence-corrected chi connectivity index (χ3v) is 4.85. The molecule has 1 saturated heterocycles. The summed E-state index contributed by atoms with van der Waals surface area (Å²) in [6.45, 7) is 2.61. The molecule has 4 nitrogen and oxygen atoms in total. The Balaban J connectivity index is 1.68. The van der Waals surface area contributed by atoms with E-state index in [2.05, 4.69) is 10.3 Å². The Labute approximate surface area is 128 Å². The summed E-state index contributed by atoms with van der Waals surface area (Å²) in [4.78, 5) is 17.6. The summed E-state index contributed by atoms with van der Waals surface area (Å²) in [7, 11) is 0. The molecule has 0 saturated carbocycles. The molecular weight excluding hydrogens is 284 g/mol. The number of nitrogens with zero attached hydrogens (tertiary/aromatic N) is 1. The van der Waals surface area contributed by atoms with Crippen LogP contribution in [-0.2, 0) is 9.53 Å². The van der Waals surface area contributed by atoms with Crippen molar-refractivity contribution in [3.05, 3.63) is 52.5 Å². The lowest BCUT2D eigenvalue weighted by atomic mass is 10.0. The van der Waals surface area contributed by atoms with Gasteiger partial charge < -0.3 is 10.1 Å². The third-order valence-electron chi connectivity index (χ3n) is 3.80. The number of rotatable bonds is 4. The quantitative estimate of drug-likeness (QED) is 0.945. The van der Waals surface area contributed by atoms with Crippen LogP contribution in [-0.4, -0.2) is 23.5 Å². The average Bonchev–Trinajstić information content (AvgIpc) is 3.19. The molecule has 3 rings (SSSR count). The molecule has 0 bridgehead atoms. The number of ether oxygens (including phenoxy) is 1. The molecule has 2 aromatic rings. The molecule has 1 fully saturated rings. The molecule has 1 aliphatic heterocycles. The smallest absolute Gasteiger partial charge is 0.228 e. The maximum absolute atomic E-state index is 12.4. The fraction of sp³-hybridized carbons (Fsp3) is 0.375. The zero-order valence-corrected chi connectivity index (χ0v) is 12.7. The highest BCUT2D eigenvalue weighted by molar-refractivity contribution is 7.10. The van der Waals surface area contributed by atoms with Crippen molar-refractivity contribution in [2.45, 2.75) is 31.4 Å². The second-order valence-electron chi connectivity index (χ2n) is 5.22. The largest absolute Gasteiger partial charge is 0.371 e. The topological polar surface area (TPSA) is 51.2 Å². The van der Waals surface area contributed by atoms with Crippen LogP contribution in [0.2, 0.25) is 0 Å². The van der Waals surface area contributed by atoms with Gasteiger partial charge in [0.25, 0.3) is 0 Å². The predicted octanol–water partition coefficient (Wildman–Crippen LogP) is 2.89. The van der Waals surface area contributed by atoms with Crippen LogP contribution in [0, 0.1) is 0 Å². The first kappa shape index (κ1) is 14.2. The van der Waals surface area contributed by atoms with Crippen molar-refractivity contribution < 1.29 is 9.53 Å². The van der Waals surface area contributed by atoms with Gasteiger partial charge in [-0.2, -0.15) is 0 Å². The molecule has 3 atom stereocenters. The van der Waals surface area contributed by atoms with Crippen LogP contribution in [0.3, 0.4) is 0 Å². The number of nitrogens with one attached hydrogen (secondary N) is 1. The molecule has 1 unspecified atom stereocenters. The van der Waals surface area contributed by atoms with Gasteiger partial charge in [0.15, 0.2) is 0 Å². The predicted molar refractivity (Wildman–Crippen MR) is 82.2 cm³/mol. The number of hydrogen-bond donors (Lipinski definition) is 1. The molecule has 5 heteroatoms. The summed E-state index contributed by atoms with van der Waals surface area (Å²) in [5.74, 6) is -0.0676. The van der Waals surface area contributed by atoms with Crippen LogP contribution < -0.4 is 5.32 Å². The molecule has 110 valence electrons. The molecule has 0 spiro atoms. The summed E-state index contributed by atoms with van der Waals surface area (Å²) < 4.78 is 5.77. The number of carbonyl (C=O) groups is 1. The molecule has 1 N–H and O–H groups in total. The van der Waals surface area contributed by atoms with Gasteiger partial charge in [0, 0.05) is 29.4 Å². The fourth-order valence-corrected chi connectivity index (χ4v) is 3.37. The normalized spacial score (nSPS) is 22.9. The lowest BCUT2D eigenvalue weighted by Gasteiger charge is -2.21. The number of amides is 1. The van der Waals surface area contributed by atoms with E-state index in [0.717, 1.165) is 16.9 Å². The van der Waals surface area contributed by atoms with Gasteiger partial charge in [-0.05, 0) is 30.9 Å². The molecule has 0 radical (unpaired) electrons. The Hall–Kier alpha value is -1.72. The van der Waals surface area contributed by atoms with E-state index in [9.17, 15) is 4.79 Å². The van der Waals surface area contributed by atoms with Crippen molar-refractivity contribution in [1.82, 2.24) is 10.3 Å². The van der Waals surface area contributed by atoms with Gasteiger partial charge in [-0.3, -0.25) is 9.78 Å². The first-order valence-corrected chi connectivity index (χ1v) is 7.99. The van der Waals surface area contributed by atoms with Crippen molar-refractivity contribution in [1.29, 1.82) is 0 Å². The van der Waals surface area contributed by atoms with E-state index in [4.69, 9.17) is 4.74 Å². The van der Waals surface area contributed by atoms with Crippen molar-refractivity contribution in [3.8, 4) is 0 Å². The monoisotopic (exact) mass is 302 g/mol. The maximum atomic E-state index is 12.4. The van der Waals surface area contributed by atoms with E-state index in [1.165, 1.54) is 0 Å². The Morgan fingerprint density at radius 3 is 3.10 bits per heavy atom. The third kappa shape index (κ3) is 3.14. The maximum Gasteiger partial charge on any atom is 0.228 e. The first-order valence-electron chi connectivity index (χ1n) is 7.11. The SMILES string of the molecule is CC(C(=O)N[C@H]1CCO[C@@H]1c1cccnc1)c1cccs1. The summed E-state index contributed by atoms with van der Waals surface area (Å²) >= 11 is 1.61. The number of thiophene rings is 1. The number of hydrogen-bond acceptors (Lipinski definition) is 4. The van der Waals surface area contributed by atoms with Crippen LogP contribution in [0.4, 0.5) is 0 Å². The molecular formula is C16H18N2O2S. The molecule has 0 aliphatic carbocycles. The number of aromatic nitrogens is 1. The molecule has 2 aromatic heterocycles. The van der Waals surface area contributed by atoms with Crippen molar-refractivity contribution in [3.63, 3.8) is 0 Å². The average molecular weight is 302 g/mol. The van der Waals surface area contributed by atoms with Gasteiger partial charge >= 0.3 is 0 Å². The van der Waals surface area contributed by atoms with Crippen molar-refractivity contribution in [2.24, 2.45) is 0 Å². The van der Waals surface area contributed by atoms with Gasteiger partial charge in [0.1, 0.15) is 6.10 Å². The summed E-state index contributed by atoms with van der Waals surface area (Å²) in [6, 6.07) is 7.87. The molecule has 0 aromatic carbocycles. The van der Waals surface area contributed by atoms with Gasteiger partial charge in [-0.1, -0.05) is 12.1 Å². The van der Waals surface area contributed by atoms with E-state index in [1.54, 1.807) is 23.7 Å². The fourth-order valence-electron chi connectivity index (χ4n) is 2.58. The Morgan fingerprint density at radius 2 is 2.38 bits per heavy atom. The van der Waals surface area contributed by atoms with Crippen LogP contribution in [0.15, 0.2) is 42.0 Å². The lowest BCUT2D eigenvalue weighted by molar-refractivity contribution is -0.123. The lowest BCUT2D eigenvalue weighted by Crippen LogP contribution is -2.39. The molecule has 21 heavy (non-hydrogen) atoms. The summed E-state index contributed by atoms with van der Waals surface area (Å²) in [6.07, 6.45) is 4.28. The van der Waals surface area contributed by atoms with E-state index < -0.39 is 0 Å². The second-order valence-corrected chi connectivity index (χ2v) is 6.20. The van der Waals surface area contributed by atoms with E-state index in [-0.39, 0.29) is 24.0 Å². The Bertz CT molecular complexity index is 586. The van der Waals surface area contributed by atoms with Gasteiger partial charge in [0.05, 0.1) is 12.0 Å². The zero-order chi connectivity index (χ0) is 14.7. The second kappa shape index (κ2) is 6.37. The van der Waals surface area contributed by atoms with E-state index >= 15 is 0 Å². The highest BCUT2D eigenvalue weighted by Gasteiger charge is 2.32. The van der Waals surface area contributed by atoms with E-state index in [0.29, 0.717) is 6.61 Å². The Kier molecular flexibility index (Phi) is 4.31. The molecule has 1 aliphatic rings. The van der Waals surface area contributed by atoms with E-state index in [1.807, 2.05) is 36.6 Å². The highest BCUT2D eigenvalue weighted by atomic mass is 32.1. The number of carbonyl (C=O) groups excluding carboxylic acids is 1. The Morgan fingerprint density at radius 1 is 1.48 bits per heavy atom. The molecule has 3 heterocycles. The minimum absolute atomic E-state index is 0.0177. The minimum atomic E-state index is -0.125. The van der Waals surface area contributed by atoms with Crippen molar-refractivity contribution in [2.75, 3.05) is 6.61 Å². The summed E-state index contributed by atoms with van der Waals surface area (Å²) in [5, 5.41) is 5.13. The van der Waals surface area contributed by atoms with Gasteiger partial charge in [-0.25, -0.2) is 0 Å². The van der Waals surface area contributed by atoms with Crippen LogP contribution in [0.5, 0.6) is 0 Å². The van der Waals surface area contributed by atoms with Crippen LogP contribution >= 0.6 is 11.3 Å². The van der Waals surface area contributed by atoms with Crippen LogP contribution in [0.1, 0.15) is 35.8 Å². The van der Waals surface area contributed by atoms with Gasteiger partial charge in [-0.15, -0.1) is 11.3 Å². The minimum Gasteiger partial charge on any atom is -0.371 e. The van der Waals surface area contributed by atoms with Gasteiger partial charge in [0.2, 0.25) is 5.91 Å². The first-order chi connectivity index (χ1) is 10.3. The van der Waals surface area contributed by atoms with Crippen molar-refractivity contribution >= 4 is 17.2 Å². The van der Waals surface area contributed by atoms with Crippen LogP contribution in [0.25, 0.3) is 0 Å². The standard InChI is InChI=1S/C16H18N2O2S/c1-11(14-5-3-9-21-14)16(19)18-13-6-8-20-15(13)12-4-2-7-17-10-12/h2-5,7,9-11,13,15H,6,8H2,1H3,(H,18,19)/t11?,13-,15+/m0/s1. The highest BCUT2D eigenvalue weighted by Crippen LogP contribution is 2.29. The molecule has 1 amide bonds. The zero-order valence-electron chi connectivity index (χ0n) is 11.9. The summed E-state index contributed by atoms with van der Waals surface area (Å²) in [5.41, 5.74) is 1.02. The number of pyridine rings is 1.